The van der Waals surface area contributed by atoms with Gasteiger partial charge in [0.2, 0.25) is 0 Å². The van der Waals surface area contributed by atoms with Crippen molar-refractivity contribution in [3.63, 3.8) is 0 Å². The van der Waals surface area contributed by atoms with E-state index in [4.69, 9.17) is 4.74 Å². The summed E-state index contributed by atoms with van der Waals surface area (Å²) in [6.07, 6.45) is 2.35. The first kappa shape index (κ1) is 22.5. The van der Waals surface area contributed by atoms with Crippen molar-refractivity contribution in [1.29, 1.82) is 0 Å². The summed E-state index contributed by atoms with van der Waals surface area (Å²) in [6.45, 7) is 7.80. The number of carbonyl (C=O) groups is 1. The Bertz CT molecular complexity index is 1050. The van der Waals surface area contributed by atoms with Gasteiger partial charge >= 0.3 is 5.97 Å². The van der Waals surface area contributed by atoms with E-state index in [0.717, 1.165) is 35.1 Å². The summed E-state index contributed by atoms with van der Waals surface area (Å²) in [5.74, 6) is -0.390. The lowest BCUT2D eigenvalue weighted by molar-refractivity contribution is -0.140. The number of aryl methyl sites for hydroxylation is 2. The Morgan fingerprint density at radius 1 is 0.903 bits per heavy atom. The molecule has 0 fully saturated rings. The predicted octanol–water partition coefficient (Wildman–Crippen LogP) is 6.13. The molecule has 0 atom stereocenters. The van der Waals surface area contributed by atoms with Gasteiger partial charge in [-0.3, -0.25) is 0 Å². The van der Waals surface area contributed by atoms with Gasteiger partial charge < -0.3 is 9.84 Å². The van der Waals surface area contributed by atoms with Crippen LogP contribution in [0.4, 0.5) is 0 Å². The molecule has 3 aromatic rings. The van der Waals surface area contributed by atoms with Crippen LogP contribution < -0.4 is 0 Å². The second-order valence-electron chi connectivity index (χ2n) is 7.76. The topological polar surface area (TPSA) is 46.5 Å². The monoisotopic (exact) mass is 414 g/mol. The van der Waals surface area contributed by atoms with Crippen molar-refractivity contribution in [2.24, 2.45) is 0 Å². The first-order valence-electron chi connectivity index (χ1n) is 10.8. The molecule has 3 rings (SSSR count). The van der Waals surface area contributed by atoms with Crippen molar-refractivity contribution >= 4 is 5.97 Å². The molecule has 31 heavy (non-hydrogen) atoms. The summed E-state index contributed by atoms with van der Waals surface area (Å²) in [7, 11) is 0. The lowest BCUT2D eigenvalue weighted by Crippen LogP contribution is -2.07. The van der Waals surface area contributed by atoms with Gasteiger partial charge in [0.05, 0.1) is 0 Å². The van der Waals surface area contributed by atoms with Crippen LogP contribution in [0.1, 0.15) is 37.0 Å². The number of esters is 1. The van der Waals surface area contributed by atoms with E-state index < -0.39 is 0 Å². The smallest absolute Gasteiger partial charge is 0.333 e. The first-order valence-corrected chi connectivity index (χ1v) is 10.8. The van der Waals surface area contributed by atoms with Crippen LogP contribution in [0, 0.1) is 0 Å². The Labute approximate surface area is 185 Å². The van der Waals surface area contributed by atoms with Crippen LogP contribution >= 0.6 is 0 Å². The number of aliphatic hydroxyl groups is 1. The van der Waals surface area contributed by atoms with E-state index in [2.05, 4.69) is 74.2 Å². The van der Waals surface area contributed by atoms with E-state index in [1.807, 2.05) is 6.07 Å². The minimum Gasteiger partial charge on any atom is -0.457 e. The zero-order valence-corrected chi connectivity index (χ0v) is 18.4. The molecule has 1 N–H and O–H groups in total. The maximum Gasteiger partial charge on any atom is 0.333 e. The van der Waals surface area contributed by atoms with Crippen LogP contribution in [0.25, 0.3) is 22.3 Å². The average molecular weight is 415 g/mol. The second kappa shape index (κ2) is 10.7. The minimum absolute atomic E-state index is 0.132. The highest BCUT2D eigenvalue weighted by Crippen LogP contribution is 2.31. The molecule has 0 aliphatic carbocycles. The molecular formula is C28H30O3. The van der Waals surface area contributed by atoms with Gasteiger partial charge in [-0.15, -0.1) is 0 Å². The van der Waals surface area contributed by atoms with Gasteiger partial charge in [0.25, 0.3) is 0 Å². The van der Waals surface area contributed by atoms with Crippen molar-refractivity contribution in [2.75, 3.05) is 6.61 Å². The van der Waals surface area contributed by atoms with Gasteiger partial charge in [-0.25, -0.2) is 4.79 Å². The van der Waals surface area contributed by atoms with E-state index in [1.165, 1.54) is 16.7 Å². The van der Waals surface area contributed by atoms with Crippen LogP contribution in [0.15, 0.2) is 78.9 Å². The molecule has 0 unspecified atom stereocenters. The summed E-state index contributed by atoms with van der Waals surface area (Å²) < 4.78 is 5.42. The van der Waals surface area contributed by atoms with E-state index in [1.54, 1.807) is 6.92 Å². The number of hydrogen-bond acceptors (Lipinski definition) is 3. The van der Waals surface area contributed by atoms with Crippen LogP contribution in [0.5, 0.6) is 0 Å². The Kier molecular flexibility index (Phi) is 7.80. The third-order valence-electron chi connectivity index (χ3n) is 5.42. The fraction of sp³-hybridized carbons (Fsp3) is 0.250. The van der Waals surface area contributed by atoms with Crippen molar-refractivity contribution in [3.8, 4) is 22.3 Å². The molecule has 0 radical (unpaired) electrons. The number of carbonyl (C=O) groups excluding carboxylic acids is 1. The van der Waals surface area contributed by atoms with Crippen molar-refractivity contribution < 1.29 is 14.6 Å². The molecule has 0 saturated heterocycles. The lowest BCUT2D eigenvalue weighted by Gasteiger charge is -2.15. The zero-order chi connectivity index (χ0) is 22.2. The summed E-state index contributed by atoms with van der Waals surface area (Å²) >= 11 is 0. The first-order chi connectivity index (χ1) is 15.0. The van der Waals surface area contributed by atoms with Crippen LogP contribution in [-0.4, -0.2) is 17.7 Å². The predicted molar refractivity (Wildman–Crippen MR) is 127 cm³/mol. The number of ether oxygens (including phenoxy) is 1. The average Bonchev–Trinajstić information content (AvgIpc) is 2.81. The van der Waals surface area contributed by atoms with Crippen molar-refractivity contribution in [1.82, 2.24) is 0 Å². The number of benzene rings is 3. The Balaban J connectivity index is 1.95. The molecule has 0 aliphatic rings. The quantitative estimate of drug-likeness (QED) is 0.338. The fourth-order valence-electron chi connectivity index (χ4n) is 3.68. The molecule has 3 aromatic carbocycles. The normalized spacial score (nSPS) is 10.7. The lowest BCUT2D eigenvalue weighted by atomic mass is 9.92. The molecule has 0 aromatic heterocycles. The molecule has 0 saturated carbocycles. The third kappa shape index (κ3) is 5.71. The van der Waals surface area contributed by atoms with Gasteiger partial charge in [-0.2, -0.15) is 0 Å². The molecular weight excluding hydrogens is 384 g/mol. The van der Waals surface area contributed by atoms with Crippen molar-refractivity contribution in [3.05, 3.63) is 95.6 Å². The van der Waals surface area contributed by atoms with Crippen LogP contribution in [0.3, 0.4) is 0 Å². The number of aliphatic hydroxyl groups excluding tert-OH is 1. The molecule has 0 aliphatic heterocycles. The third-order valence-corrected chi connectivity index (χ3v) is 5.42. The summed E-state index contributed by atoms with van der Waals surface area (Å²) in [5, 5.41) is 9.22. The van der Waals surface area contributed by atoms with Gasteiger partial charge in [-0.05, 0) is 71.2 Å². The van der Waals surface area contributed by atoms with Crippen LogP contribution in [-0.2, 0) is 29.0 Å². The molecule has 0 bridgehead atoms. The van der Waals surface area contributed by atoms with E-state index in [0.29, 0.717) is 12.0 Å². The van der Waals surface area contributed by atoms with Crippen LogP contribution in [0.2, 0.25) is 0 Å². The molecule has 3 heteroatoms. The van der Waals surface area contributed by atoms with Gasteiger partial charge in [0.15, 0.2) is 0 Å². The highest BCUT2D eigenvalue weighted by Gasteiger charge is 2.11. The van der Waals surface area contributed by atoms with Gasteiger partial charge in [-0.1, -0.05) is 74.2 Å². The largest absolute Gasteiger partial charge is 0.457 e. The zero-order valence-electron chi connectivity index (χ0n) is 18.4. The molecule has 160 valence electrons. The SMILES string of the molecule is C=C(C)C(=O)OCc1cc(-c2ccc(-c3ccccc3)c(CC)c2)ccc1CCCO. The molecule has 0 amide bonds. The highest BCUT2D eigenvalue weighted by molar-refractivity contribution is 5.87. The van der Waals surface area contributed by atoms with E-state index in [9.17, 15) is 9.90 Å². The fourth-order valence-corrected chi connectivity index (χ4v) is 3.68. The molecule has 0 heterocycles. The van der Waals surface area contributed by atoms with E-state index in [-0.39, 0.29) is 19.2 Å². The van der Waals surface area contributed by atoms with Crippen molar-refractivity contribution in [2.45, 2.75) is 39.7 Å². The summed E-state index contributed by atoms with van der Waals surface area (Å²) in [6, 6.07) is 23.3. The van der Waals surface area contributed by atoms with Gasteiger partial charge in [0, 0.05) is 12.2 Å². The highest BCUT2D eigenvalue weighted by atomic mass is 16.5. The maximum atomic E-state index is 11.9. The standard InChI is InChI=1S/C28H30O3/c1-4-21-17-25(14-15-27(21)23-9-6-5-7-10-23)24-13-12-22(11-8-16-29)26(18-24)19-31-28(30)20(2)3/h5-7,9-10,12-15,17-18,29H,2,4,8,11,16,19H2,1,3H3. The maximum absolute atomic E-state index is 11.9. The Morgan fingerprint density at radius 3 is 2.23 bits per heavy atom. The second-order valence-corrected chi connectivity index (χ2v) is 7.76. The van der Waals surface area contributed by atoms with E-state index >= 15 is 0 Å². The summed E-state index contributed by atoms with van der Waals surface area (Å²) in [5.41, 5.74) is 8.43. The summed E-state index contributed by atoms with van der Waals surface area (Å²) in [4.78, 5) is 11.9. The minimum atomic E-state index is -0.390. The molecule has 3 nitrogen and oxygen atoms in total. The molecule has 0 spiro atoms. The number of hydrogen-bond donors (Lipinski definition) is 1. The number of rotatable bonds is 9. The van der Waals surface area contributed by atoms with Gasteiger partial charge in [0.1, 0.15) is 6.61 Å². The Hall–Kier alpha value is -3.17. The Morgan fingerprint density at radius 2 is 1.58 bits per heavy atom.